The highest BCUT2D eigenvalue weighted by molar-refractivity contribution is 5.87. The first-order valence-corrected chi connectivity index (χ1v) is 13.4. The molecule has 0 saturated heterocycles. The zero-order chi connectivity index (χ0) is 27.8. The molecule has 5 heteroatoms. The van der Waals surface area contributed by atoms with Crippen molar-refractivity contribution in [3.63, 3.8) is 0 Å². The van der Waals surface area contributed by atoms with Crippen LogP contribution in [0.25, 0.3) is 22.3 Å². The highest BCUT2D eigenvalue weighted by atomic mass is 16.7. The molecule has 0 radical (unpaired) electrons. The Hall–Kier alpha value is -3.96. The number of para-hydroxylation sites is 1. The molecule has 1 atom stereocenters. The second kappa shape index (κ2) is 13.2. The number of methoxy groups -OCH3 is 2. The van der Waals surface area contributed by atoms with Crippen molar-refractivity contribution in [3.05, 3.63) is 95.6 Å². The monoisotopic (exact) mass is 526 g/mol. The molecule has 5 nitrogen and oxygen atoms in total. The predicted molar refractivity (Wildman–Crippen MR) is 157 cm³/mol. The van der Waals surface area contributed by atoms with E-state index in [1.807, 2.05) is 49.4 Å². The lowest BCUT2D eigenvalue weighted by Gasteiger charge is -2.20. The Bertz CT molecular complexity index is 1310. The fourth-order valence-corrected chi connectivity index (χ4v) is 4.57. The minimum Gasteiger partial charge on any atom is -0.496 e. The number of ether oxygens (including phenoxy) is 5. The SMILES string of the molecule is CCc1ccc(OC(C)OCCOc2c(-c3cc(C)ccc3OC)cccc2-c2cc(C)ccc2OC)cc1. The summed E-state index contributed by atoms with van der Waals surface area (Å²) in [5, 5.41) is 0. The number of hydrogen-bond acceptors (Lipinski definition) is 5. The van der Waals surface area contributed by atoms with E-state index in [1.165, 1.54) is 5.56 Å². The largest absolute Gasteiger partial charge is 0.496 e. The molecule has 0 aromatic heterocycles. The third kappa shape index (κ3) is 6.92. The lowest BCUT2D eigenvalue weighted by Crippen LogP contribution is -2.20. The summed E-state index contributed by atoms with van der Waals surface area (Å²) in [6, 6.07) is 26.6. The van der Waals surface area contributed by atoms with Crippen molar-refractivity contribution in [2.75, 3.05) is 27.4 Å². The predicted octanol–water partition coefficient (Wildman–Crippen LogP) is 8.04. The van der Waals surface area contributed by atoms with Gasteiger partial charge in [0.05, 0.1) is 20.8 Å². The molecule has 4 aromatic rings. The Labute approximate surface area is 232 Å². The molecule has 39 heavy (non-hydrogen) atoms. The Morgan fingerprint density at radius 1 is 0.667 bits per heavy atom. The topological polar surface area (TPSA) is 46.2 Å². The molecule has 1 unspecified atom stereocenters. The number of benzene rings is 4. The van der Waals surface area contributed by atoms with Gasteiger partial charge < -0.3 is 23.7 Å². The molecule has 0 amide bonds. The quantitative estimate of drug-likeness (QED) is 0.138. The van der Waals surface area contributed by atoms with Gasteiger partial charge in [0.1, 0.15) is 29.6 Å². The first-order chi connectivity index (χ1) is 18.9. The van der Waals surface area contributed by atoms with Gasteiger partial charge in [-0.25, -0.2) is 0 Å². The number of aryl methyl sites for hydroxylation is 3. The minimum atomic E-state index is -0.412. The summed E-state index contributed by atoms with van der Waals surface area (Å²) in [5.41, 5.74) is 7.36. The van der Waals surface area contributed by atoms with Crippen LogP contribution < -0.4 is 18.9 Å². The maximum atomic E-state index is 6.50. The van der Waals surface area contributed by atoms with E-state index in [2.05, 4.69) is 57.2 Å². The van der Waals surface area contributed by atoms with Crippen LogP contribution >= 0.6 is 0 Å². The summed E-state index contributed by atoms with van der Waals surface area (Å²) in [4.78, 5) is 0. The molecule has 0 bridgehead atoms. The van der Waals surface area contributed by atoms with E-state index in [0.717, 1.165) is 62.8 Å². The van der Waals surface area contributed by atoms with Gasteiger partial charge in [-0.2, -0.15) is 0 Å². The smallest absolute Gasteiger partial charge is 0.197 e. The van der Waals surface area contributed by atoms with E-state index in [1.54, 1.807) is 14.2 Å². The average Bonchev–Trinajstić information content (AvgIpc) is 2.95. The molecule has 204 valence electrons. The molecular formula is C34H38O5. The van der Waals surface area contributed by atoms with Crippen LogP contribution in [0.4, 0.5) is 0 Å². The van der Waals surface area contributed by atoms with Crippen LogP contribution in [-0.2, 0) is 11.2 Å². The lowest BCUT2D eigenvalue weighted by atomic mass is 9.94. The van der Waals surface area contributed by atoms with Gasteiger partial charge in [0.25, 0.3) is 0 Å². The molecule has 0 aliphatic carbocycles. The minimum absolute atomic E-state index is 0.342. The van der Waals surface area contributed by atoms with Crippen LogP contribution in [0.15, 0.2) is 78.9 Å². The van der Waals surface area contributed by atoms with Crippen LogP contribution in [0.1, 0.15) is 30.5 Å². The van der Waals surface area contributed by atoms with Crippen molar-refractivity contribution in [1.82, 2.24) is 0 Å². The Morgan fingerprint density at radius 3 is 1.74 bits per heavy atom. The van der Waals surface area contributed by atoms with Gasteiger partial charge in [-0.05, 0) is 69.2 Å². The third-order valence-corrected chi connectivity index (χ3v) is 6.62. The van der Waals surface area contributed by atoms with Crippen molar-refractivity contribution >= 4 is 0 Å². The van der Waals surface area contributed by atoms with Crippen LogP contribution in [-0.4, -0.2) is 33.7 Å². The van der Waals surface area contributed by atoms with E-state index >= 15 is 0 Å². The molecule has 0 aliphatic rings. The van der Waals surface area contributed by atoms with Gasteiger partial charge in [-0.15, -0.1) is 0 Å². The van der Waals surface area contributed by atoms with Crippen LogP contribution in [0, 0.1) is 13.8 Å². The molecule has 0 fully saturated rings. The van der Waals surface area contributed by atoms with E-state index in [0.29, 0.717) is 13.2 Å². The summed E-state index contributed by atoms with van der Waals surface area (Å²) in [6.07, 6.45) is 0.584. The van der Waals surface area contributed by atoms with Gasteiger partial charge in [0, 0.05) is 22.3 Å². The van der Waals surface area contributed by atoms with Crippen molar-refractivity contribution in [2.24, 2.45) is 0 Å². The van der Waals surface area contributed by atoms with Gasteiger partial charge in [0.15, 0.2) is 6.29 Å². The summed E-state index contributed by atoms with van der Waals surface area (Å²) in [7, 11) is 3.38. The molecule has 4 aromatic carbocycles. The van der Waals surface area contributed by atoms with Gasteiger partial charge in [-0.1, -0.05) is 60.5 Å². The highest BCUT2D eigenvalue weighted by Crippen LogP contribution is 2.45. The van der Waals surface area contributed by atoms with E-state index in [4.69, 9.17) is 23.7 Å². The average molecular weight is 527 g/mol. The van der Waals surface area contributed by atoms with E-state index in [-0.39, 0.29) is 0 Å². The van der Waals surface area contributed by atoms with E-state index in [9.17, 15) is 0 Å². The summed E-state index contributed by atoms with van der Waals surface area (Å²) in [6.45, 7) is 8.87. The van der Waals surface area contributed by atoms with Gasteiger partial charge in [-0.3, -0.25) is 0 Å². The molecule has 4 rings (SSSR count). The molecule has 0 aliphatic heterocycles. The molecule has 0 N–H and O–H groups in total. The van der Waals surface area contributed by atoms with Crippen molar-refractivity contribution in [3.8, 4) is 45.3 Å². The molecule has 0 saturated carbocycles. The Kier molecular flexibility index (Phi) is 9.50. The number of hydrogen-bond donors (Lipinski definition) is 0. The van der Waals surface area contributed by atoms with Crippen molar-refractivity contribution in [1.29, 1.82) is 0 Å². The second-order valence-corrected chi connectivity index (χ2v) is 9.49. The maximum absolute atomic E-state index is 6.50. The molecule has 0 spiro atoms. The van der Waals surface area contributed by atoms with Crippen molar-refractivity contribution < 1.29 is 23.7 Å². The zero-order valence-electron chi connectivity index (χ0n) is 23.7. The highest BCUT2D eigenvalue weighted by Gasteiger charge is 2.19. The second-order valence-electron chi connectivity index (χ2n) is 9.49. The standard InChI is InChI=1S/C34H38O5/c1-7-26-13-15-27(16-14-26)39-25(4)37-19-20-38-34-28(30-21-23(2)11-17-32(30)35-5)9-8-10-29(34)31-22-24(3)12-18-33(31)36-6/h8-18,21-22,25H,7,19-20H2,1-6H3. The normalized spacial score (nSPS) is 11.6. The third-order valence-electron chi connectivity index (χ3n) is 6.62. The Balaban J connectivity index is 1.60. The summed E-state index contributed by atoms with van der Waals surface area (Å²) >= 11 is 0. The summed E-state index contributed by atoms with van der Waals surface area (Å²) < 4.78 is 29.8. The molecular weight excluding hydrogens is 488 g/mol. The van der Waals surface area contributed by atoms with Crippen LogP contribution in [0.5, 0.6) is 23.0 Å². The Morgan fingerprint density at radius 2 is 1.23 bits per heavy atom. The van der Waals surface area contributed by atoms with Crippen LogP contribution in [0.3, 0.4) is 0 Å². The fourth-order valence-electron chi connectivity index (χ4n) is 4.57. The first kappa shape index (κ1) is 28.1. The lowest BCUT2D eigenvalue weighted by molar-refractivity contribution is -0.0738. The number of rotatable bonds is 12. The fraction of sp³-hybridized carbons (Fsp3) is 0.294. The van der Waals surface area contributed by atoms with Gasteiger partial charge in [0.2, 0.25) is 0 Å². The maximum Gasteiger partial charge on any atom is 0.197 e. The summed E-state index contributed by atoms with van der Waals surface area (Å²) in [5.74, 6) is 3.10. The zero-order valence-corrected chi connectivity index (χ0v) is 23.7. The first-order valence-electron chi connectivity index (χ1n) is 13.4. The van der Waals surface area contributed by atoms with Crippen LogP contribution in [0.2, 0.25) is 0 Å². The molecule has 0 heterocycles. The van der Waals surface area contributed by atoms with Gasteiger partial charge >= 0.3 is 0 Å². The van der Waals surface area contributed by atoms with E-state index < -0.39 is 6.29 Å². The van der Waals surface area contributed by atoms with Crippen molar-refractivity contribution in [2.45, 2.75) is 40.4 Å².